The summed E-state index contributed by atoms with van der Waals surface area (Å²) in [6.07, 6.45) is 7.18. The highest BCUT2D eigenvalue weighted by Gasteiger charge is 2.60. The van der Waals surface area contributed by atoms with Gasteiger partial charge in [0.05, 0.1) is 0 Å². The molecule has 2 aliphatic rings. The van der Waals surface area contributed by atoms with Crippen LogP contribution in [-0.2, 0) is 15.1 Å². The van der Waals surface area contributed by atoms with Gasteiger partial charge in [0.25, 0.3) is 0 Å². The van der Waals surface area contributed by atoms with Crippen molar-refractivity contribution in [3.05, 3.63) is 35.9 Å². The number of carbonyl (C=O) groups is 1. The molecule has 2 saturated carbocycles. The molecule has 0 aliphatic heterocycles. The summed E-state index contributed by atoms with van der Waals surface area (Å²) >= 11 is 0. The first-order valence-electron chi connectivity index (χ1n) is 7.84. The summed E-state index contributed by atoms with van der Waals surface area (Å²) < 4.78 is 6.02. The highest BCUT2D eigenvalue weighted by Crippen LogP contribution is 2.63. The Kier molecular flexibility index (Phi) is 3.35. The molecular weight excluding hydrogens is 248 g/mol. The summed E-state index contributed by atoms with van der Waals surface area (Å²) in [6, 6.07) is 10.4. The molecule has 3 unspecified atom stereocenters. The van der Waals surface area contributed by atoms with Crippen molar-refractivity contribution in [2.45, 2.75) is 58.0 Å². The third kappa shape index (κ3) is 1.88. The number of hydrogen-bond donors (Lipinski definition) is 0. The third-order valence-electron chi connectivity index (χ3n) is 5.73. The van der Waals surface area contributed by atoms with Crippen molar-refractivity contribution in [1.29, 1.82) is 0 Å². The molecule has 3 rings (SSSR count). The van der Waals surface area contributed by atoms with E-state index in [2.05, 4.69) is 31.2 Å². The lowest BCUT2D eigenvalue weighted by Crippen LogP contribution is -2.47. The molecule has 108 valence electrons. The molecule has 2 fully saturated rings. The largest absolute Gasteiger partial charge is 0.454 e. The Labute approximate surface area is 121 Å². The van der Waals surface area contributed by atoms with Crippen molar-refractivity contribution in [1.82, 2.24) is 0 Å². The summed E-state index contributed by atoms with van der Waals surface area (Å²) in [4.78, 5) is 11.8. The molecule has 2 heteroatoms. The van der Waals surface area contributed by atoms with E-state index in [1.165, 1.54) is 37.7 Å². The molecule has 0 bridgehead atoms. The number of hydrogen-bond acceptors (Lipinski definition) is 2. The number of esters is 1. The Morgan fingerprint density at radius 1 is 1.15 bits per heavy atom. The fourth-order valence-electron chi connectivity index (χ4n) is 4.72. The maximum Gasteiger partial charge on any atom is 0.303 e. The van der Waals surface area contributed by atoms with Gasteiger partial charge in [0.1, 0.15) is 5.60 Å². The molecule has 2 nitrogen and oxygen atoms in total. The summed E-state index contributed by atoms with van der Waals surface area (Å²) in [5.74, 6) is 0.539. The lowest BCUT2D eigenvalue weighted by atomic mass is 9.61. The standard InChI is InChI=1S/C18H24O2/c1-14(19)20-18(16-9-4-3-5-10-16)13-11-15-8-6-7-12-17(15,18)2/h3-5,9-10,15H,6-8,11-13H2,1-2H3. The van der Waals surface area contributed by atoms with Crippen molar-refractivity contribution in [3.63, 3.8) is 0 Å². The topological polar surface area (TPSA) is 26.3 Å². The molecule has 1 aromatic carbocycles. The predicted molar refractivity (Wildman–Crippen MR) is 79.2 cm³/mol. The van der Waals surface area contributed by atoms with E-state index in [0.717, 1.165) is 6.42 Å². The number of benzene rings is 1. The van der Waals surface area contributed by atoms with Gasteiger partial charge in [-0.3, -0.25) is 4.79 Å². The number of rotatable bonds is 2. The van der Waals surface area contributed by atoms with Gasteiger partial charge in [-0.05, 0) is 37.2 Å². The first-order chi connectivity index (χ1) is 9.58. The maximum absolute atomic E-state index is 11.8. The molecular formula is C18H24O2. The first kappa shape index (κ1) is 13.7. The fraction of sp³-hybridized carbons (Fsp3) is 0.611. The molecule has 0 spiro atoms. The zero-order valence-corrected chi connectivity index (χ0v) is 12.5. The Morgan fingerprint density at radius 2 is 1.90 bits per heavy atom. The average molecular weight is 272 g/mol. The van der Waals surface area contributed by atoms with Crippen LogP contribution in [0.4, 0.5) is 0 Å². The van der Waals surface area contributed by atoms with Crippen LogP contribution in [0.15, 0.2) is 30.3 Å². The van der Waals surface area contributed by atoms with E-state index < -0.39 is 5.60 Å². The Morgan fingerprint density at radius 3 is 2.60 bits per heavy atom. The first-order valence-corrected chi connectivity index (χ1v) is 7.84. The van der Waals surface area contributed by atoms with E-state index in [1.54, 1.807) is 6.92 Å². The Hall–Kier alpha value is -1.31. The molecule has 0 radical (unpaired) electrons. The summed E-state index contributed by atoms with van der Waals surface area (Å²) in [5, 5.41) is 0. The van der Waals surface area contributed by atoms with Gasteiger partial charge >= 0.3 is 5.97 Å². The lowest BCUT2D eigenvalue weighted by molar-refractivity contribution is -0.177. The van der Waals surface area contributed by atoms with E-state index in [0.29, 0.717) is 5.92 Å². The highest BCUT2D eigenvalue weighted by molar-refractivity contribution is 5.67. The van der Waals surface area contributed by atoms with E-state index in [4.69, 9.17) is 4.74 Å². The van der Waals surface area contributed by atoms with Gasteiger partial charge in [-0.2, -0.15) is 0 Å². The second-order valence-electron chi connectivity index (χ2n) is 6.69. The minimum Gasteiger partial charge on any atom is -0.454 e. The molecule has 0 amide bonds. The van der Waals surface area contributed by atoms with Crippen LogP contribution in [0.2, 0.25) is 0 Å². The van der Waals surface area contributed by atoms with E-state index in [9.17, 15) is 4.79 Å². The van der Waals surface area contributed by atoms with Gasteiger partial charge in [-0.1, -0.05) is 50.1 Å². The quantitative estimate of drug-likeness (QED) is 0.744. The minimum absolute atomic E-state index is 0.0955. The van der Waals surface area contributed by atoms with Gasteiger partial charge in [0, 0.05) is 12.3 Å². The van der Waals surface area contributed by atoms with Crippen molar-refractivity contribution in [3.8, 4) is 0 Å². The van der Waals surface area contributed by atoms with Crippen LogP contribution in [0.3, 0.4) is 0 Å². The molecule has 0 N–H and O–H groups in total. The van der Waals surface area contributed by atoms with Crippen LogP contribution in [0.1, 0.15) is 57.9 Å². The van der Waals surface area contributed by atoms with Gasteiger partial charge in [-0.15, -0.1) is 0 Å². The second-order valence-corrected chi connectivity index (χ2v) is 6.69. The summed E-state index contributed by atoms with van der Waals surface area (Å²) in [5.41, 5.74) is 0.866. The summed E-state index contributed by atoms with van der Waals surface area (Å²) in [6.45, 7) is 3.89. The van der Waals surface area contributed by atoms with Crippen LogP contribution in [-0.4, -0.2) is 5.97 Å². The maximum atomic E-state index is 11.8. The van der Waals surface area contributed by atoms with Crippen LogP contribution < -0.4 is 0 Å². The van der Waals surface area contributed by atoms with E-state index in [1.807, 2.05) is 6.07 Å². The van der Waals surface area contributed by atoms with Crippen molar-refractivity contribution in [2.24, 2.45) is 11.3 Å². The molecule has 1 aromatic rings. The zero-order valence-electron chi connectivity index (χ0n) is 12.5. The summed E-state index contributed by atoms with van der Waals surface area (Å²) in [7, 11) is 0. The normalized spacial score (nSPS) is 36.4. The lowest BCUT2D eigenvalue weighted by Gasteiger charge is -2.48. The predicted octanol–water partition coefficient (Wildman–Crippen LogP) is 4.44. The van der Waals surface area contributed by atoms with Crippen molar-refractivity contribution >= 4 is 5.97 Å². The van der Waals surface area contributed by atoms with Crippen molar-refractivity contribution in [2.75, 3.05) is 0 Å². The third-order valence-corrected chi connectivity index (χ3v) is 5.73. The van der Waals surface area contributed by atoms with E-state index in [-0.39, 0.29) is 11.4 Å². The number of fused-ring (bicyclic) bond motifs is 1. The smallest absolute Gasteiger partial charge is 0.303 e. The zero-order chi connectivity index (χ0) is 14.2. The molecule has 0 saturated heterocycles. The minimum atomic E-state index is -0.412. The number of carbonyl (C=O) groups excluding carboxylic acids is 1. The molecule has 3 atom stereocenters. The molecule has 2 aliphatic carbocycles. The number of ether oxygens (including phenoxy) is 1. The Balaban J connectivity index is 2.09. The Bertz CT molecular complexity index is 495. The molecule has 0 aromatic heterocycles. The fourth-order valence-corrected chi connectivity index (χ4v) is 4.72. The second kappa shape index (κ2) is 4.91. The molecule has 0 heterocycles. The monoisotopic (exact) mass is 272 g/mol. The average Bonchev–Trinajstić information content (AvgIpc) is 2.73. The molecule has 20 heavy (non-hydrogen) atoms. The van der Waals surface area contributed by atoms with Gasteiger partial charge in [0.15, 0.2) is 0 Å². The van der Waals surface area contributed by atoms with Crippen LogP contribution >= 0.6 is 0 Å². The van der Waals surface area contributed by atoms with Crippen LogP contribution in [0.5, 0.6) is 0 Å². The van der Waals surface area contributed by atoms with Crippen LogP contribution in [0.25, 0.3) is 0 Å². The van der Waals surface area contributed by atoms with E-state index >= 15 is 0 Å². The SMILES string of the molecule is CC(=O)OC1(c2ccccc2)CCC2CCCCC21C. The van der Waals surface area contributed by atoms with Gasteiger partial charge < -0.3 is 4.74 Å². The van der Waals surface area contributed by atoms with Crippen molar-refractivity contribution < 1.29 is 9.53 Å². The highest BCUT2D eigenvalue weighted by atomic mass is 16.6. The van der Waals surface area contributed by atoms with Gasteiger partial charge in [-0.25, -0.2) is 0 Å². The van der Waals surface area contributed by atoms with Gasteiger partial charge in [0.2, 0.25) is 0 Å². The van der Waals surface area contributed by atoms with Crippen LogP contribution in [0, 0.1) is 11.3 Å².